The van der Waals surface area contributed by atoms with Crippen molar-refractivity contribution in [2.24, 2.45) is 4.99 Å². The number of rotatable bonds is 5. The Labute approximate surface area is 135 Å². The number of alkyl halides is 1. The molecule has 0 aromatic heterocycles. The molecule has 21 heavy (non-hydrogen) atoms. The van der Waals surface area contributed by atoms with Crippen LogP contribution in [0, 0.1) is 6.92 Å². The largest absolute Gasteiger partial charge is 0.288 e. The molecule has 0 heterocycles. The average Bonchev–Trinajstić information content (AvgIpc) is 2.52. The molecule has 108 valence electrons. The molecule has 0 atom stereocenters. The van der Waals surface area contributed by atoms with E-state index in [2.05, 4.69) is 89.4 Å². The van der Waals surface area contributed by atoms with Gasteiger partial charge in [-0.3, -0.25) is 4.99 Å². The predicted octanol–water partition coefficient (Wildman–Crippen LogP) is 5.56. The molecule has 0 aliphatic heterocycles. The van der Waals surface area contributed by atoms with Gasteiger partial charge in [-0.25, -0.2) is 0 Å². The lowest BCUT2D eigenvalue weighted by atomic mass is 10.0. The van der Waals surface area contributed by atoms with Crippen LogP contribution >= 0.6 is 15.9 Å². The van der Waals surface area contributed by atoms with Crippen LogP contribution in [-0.4, -0.2) is 6.21 Å². The molecule has 1 nitrogen and oxygen atoms in total. The average molecular weight is 342 g/mol. The first-order valence-corrected chi connectivity index (χ1v) is 8.19. The van der Waals surface area contributed by atoms with E-state index in [0.717, 1.165) is 11.9 Å². The van der Waals surface area contributed by atoms with Crippen LogP contribution in [-0.2, 0) is 11.9 Å². The molecule has 0 aliphatic carbocycles. The highest BCUT2D eigenvalue weighted by molar-refractivity contribution is 9.08. The second-order valence-corrected chi connectivity index (χ2v) is 5.67. The van der Waals surface area contributed by atoms with Crippen molar-refractivity contribution in [3.8, 4) is 0 Å². The Kier molecular flexibility index (Phi) is 5.94. The van der Waals surface area contributed by atoms with Crippen molar-refractivity contribution >= 4 is 27.7 Å². The fourth-order valence-corrected chi connectivity index (χ4v) is 2.54. The topological polar surface area (TPSA) is 12.4 Å². The third-order valence-corrected chi connectivity index (χ3v) is 4.10. The first-order valence-electron chi connectivity index (χ1n) is 7.07. The normalized spacial score (nSPS) is 12.0. The van der Waals surface area contributed by atoms with E-state index in [1.165, 1.54) is 27.8 Å². The Bertz CT molecular complexity index is 639. The maximum atomic E-state index is 4.48. The first-order chi connectivity index (χ1) is 10.2. The maximum Gasteiger partial charge on any atom is 0.0639 e. The highest BCUT2D eigenvalue weighted by atomic mass is 79.9. The molecule has 0 bridgehead atoms. The summed E-state index contributed by atoms with van der Waals surface area (Å²) in [4.78, 5) is 4.48. The Morgan fingerprint density at radius 3 is 2.38 bits per heavy atom. The van der Waals surface area contributed by atoms with Gasteiger partial charge in [0.15, 0.2) is 0 Å². The molecule has 0 spiro atoms. The standard InChI is InChI=1S/C19H20BrN/c1-15-5-3-4-6-19(15)16(2)11-12-21-14-18-9-7-17(13-20)8-10-18/h3-12H,13-14H2,1-2H3/b16-11-,21-12?. The molecular weight excluding hydrogens is 322 g/mol. The molecule has 0 aliphatic rings. The van der Waals surface area contributed by atoms with Crippen LogP contribution in [0.3, 0.4) is 0 Å². The number of aryl methyl sites for hydroxylation is 1. The molecule has 0 saturated carbocycles. The summed E-state index contributed by atoms with van der Waals surface area (Å²) in [7, 11) is 0. The number of benzene rings is 2. The molecule has 2 rings (SSSR count). The Balaban J connectivity index is 1.98. The Morgan fingerprint density at radius 1 is 1.05 bits per heavy atom. The molecule has 2 aromatic rings. The number of allylic oxidation sites excluding steroid dienone is 2. The minimum Gasteiger partial charge on any atom is -0.288 e. The molecule has 0 fully saturated rings. The van der Waals surface area contributed by atoms with Crippen molar-refractivity contribution in [1.82, 2.24) is 0 Å². The second-order valence-electron chi connectivity index (χ2n) is 5.10. The van der Waals surface area contributed by atoms with Crippen molar-refractivity contribution in [2.75, 3.05) is 0 Å². The van der Waals surface area contributed by atoms with Crippen molar-refractivity contribution < 1.29 is 0 Å². The maximum absolute atomic E-state index is 4.48. The molecule has 0 amide bonds. The third-order valence-electron chi connectivity index (χ3n) is 3.45. The molecule has 0 N–H and O–H groups in total. The number of nitrogens with zero attached hydrogens (tertiary/aromatic N) is 1. The number of aliphatic imine (C=N–C) groups is 1. The summed E-state index contributed by atoms with van der Waals surface area (Å²) in [6.45, 7) is 4.98. The number of hydrogen-bond acceptors (Lipinski definition) is 1. The summed E-state index contributed by atoms with van der Waals surface area (Å²) in [6, 6.07) is 16.9. The summed E-state index contributed by atoms with van der Waals surface area (Å²) < 4.78 is 0. The zero-order valence-corrected chi connectivity index (χ0v) is 14.1. The van der Waals surface area contributed by atoms with E-state index in [-0.39, 0.29) is 0 Å². The molecular formula is C19H20BrN. The smallest absolute Gasteiger partial charge is 0.0639 e. The van der Waals surface area contributed by atoms with E-state index in [4.69, 9.17) is 0 Å². The van der Waals surface area contributed by atoms with Gasteiger partial charge in [0, 0.05) is 11.5 Å². The summed E-state index contributed by atoms with van der Waals surface area (Å²) in [5.41, 5.74) is 6.35. The Hall–Kier alpha value is -1.67. The van der Waals surface area contributed by atoms with Gasteiger partial charge in [0.2, 0.25) is 0 Å². The number of hydrogen-bond donors (Lipinski definition) is 0. The molecule has 2 aromatic carbocycles. The van der Waals surface area contributed by atoms with Crippen LogP contribution in [0.15, 0.2) is 59.6 Å². The summed E-state index contributed by atoms with van der Waals surface area (Å²) in [5.74, 6) is 0. The van der Waals surface area contributed by atoms with Crippen LogP contribution in [0.2, 0.25) is 0 Å². The monoisotopic (exact) mass is 341 g/mol. The summed E-state index contributed by atoms with van der Waals surface area (Å²) >= 11 is 3.45. The van der Waals surface area contributed by atoms with Gasteiger partial charge < -0.3 is 0 Å². The van der Waals surface area contributed by atoms with E-state index in [9.17, 15) is 0 Å². The zero-order chi connectivity index (χ0) is 15.1. The highest BCUT2D eigenvalue weighted by Crippen LogP contribution is 2.17. The molecule has 2 heteroatoms. The zero-order valence-electron chi connectivity index (χ0n) is 12.5. The highest BCUT2D eigenvalue weighted by Gasteiger charge is 1.97. The van der Waals surface area contributed by atoms with Gasteiger partial charge in [0.25, 0.3) is 0 Å². The number of halogens is 1. The molecule has 0 radical (unpaired) electrons. The van der Waals surface area contributed by atoms with Gasteiger partial charge in [-0.05, 0) is 47.8 Å². The van der Waals surface area contributed by atoms with Gasteiger partial charge in [0.05, 0.1) is 6.54 Å². The fraction of sp³-hybridized carbons (Fsp3) is 0.211. The van der Waals surface area contributed by atoms with E-state index in [1.54, 1.807) is 0 Å². The summed E-state index contributed by atoms with van der Waals surface area (Å²) in [6.07, 6.45) is 3.98. The lowest BCUT2D eigenvalue weighted by Gasteiger charge is -2.04. The lowest BCUT2D eigenvalue weighted by Crippen LogP contribution is -1.86. The van der Waals surface area contributed by atoms with Crippen molar-refractivity contribution in [3.05, 3.63) is 76.9 Å². The van der Waals surface area contributed by atoms with E-state index < -0.39 is 0 Å². The SMILES string of the molecule is C/C(=C/C=NCc1ccc(CBr)cc1)c1ccccc1C. The van der Waals surface area contributed by atoms with Gasteiger partial charge in [-0.15, -0.1) is 0 Å². The quantitative estimate of drug-likeness (QED) is 0.498. The second kappa shape index (κ2) is 7.94. The van der Waals surface area contributed by atoms with Gasteiger partial charge in [-0.2, -0.15) is 0 Å². The van der Waals surface area contributed by atoms with Gasteiger partial charge in [0.1, 0.15) is 0 Å². The minimum atomic E-state index is 0.722. The van der Waals surface area contributed by atoms with E-state index in [1.807, 2.05) is 6.21 Å². The van der Waals surface area contributed by atoms with Crippen LogP contribution < -0.4 is 0 Å². The molecule has 0 saturated heterocycles. The van der Waals surface area contributed by atoms with Crippen LogP contribution in [0.1, 0.15) is 29.2 Å². The Morgan fingerprint density at radius 2 is 1.71 bits per heavy atom. The van der Waals surface area contributed by atoms with Crippen LogP contribution in [0.25, 0.3) is 5.57 Å². The van der Waals surface area contributed by atoms with Crippen LogP contribution in [0.4, 0.5) is 0 Å². The van der Waals surface area contributed by atoms with Gasteiger partial charge in [-0.1, -0.05) is 64.5 Å². The van der Waals surface area contributed by atoms with Crippen molar-refractivity contribution in [2.45, 2.75) is 25.7 Å². The minimum absolute atomic E-state index is 0.722. The van der Waals surface area contributed by atoms with E-state index >= 15 is 0 Å². The third kappa shape index (κ3) is 4.68. The lowest BCUT2D eigenvalue weighted by molar-refractivity contribution is 1.08. The molecule has 0 unspecified atom stereocenters. The fourth-order valence-electron chi connectivity index (χ4n) is 2.16. The summed E-state index contributed by atoms with van der Waals surface area (Å²) in [5, 5.41) is 0.898. The predicted molar refractivity (Wildman–Crippen MR) is 96.1 cm³/mol. The van der Waals surface area contributed by atoms with E-state index in [0.29, 0.717) is 0 Å². The van der Waals surface area contributed by atoms with Crippen molar-refractivity contribution in [1.29, 1.82) is 0 Å². The van der Waals surface area contributed by atoms with Crippen molar-refractivity contribution in [3.63, 3.8) is 0 Å². The first kappa shape index (κ1) is 15.7. The van der Waals surface area contributed by atoms with Gasteiger partial charge >= 0.3 is 0 Å². The van der Waals surface area contributed by atoms with Crippen LogP contribution in [0.5, 0.6) is 0 Å².